The fourth-order valence-corrected chi connectivity index (χ4v) is 1.34. The summed E-state index contributed by atoms with van der Waals surface area (Å²) >= 11 is 0. The van der Waals surface area contributed by atoms with Crippen molar-refractivity contribution >= 4 is 17.8 Å². The van der Waals surface area contributed by atoms with Crippen LogP contribution in [0.5, 0.6) is 0 Å². The number of nitrogens with two attached hydrogens (primary N) is 1. The molecule has 114 valence electrons. The van der Waals surface area contributed by atoms with Gasteiger partial charge in [-0.05, 0) is 26.2 Å². The number of nitrogen functional groups attached to an aromatic ring is 1. The van der Waals surface area contributed by atoms with Gasteiger partial charge in [-0.15, -0.1) is 0 Å². The van der Waals surface area contributed by atoms with Gasteiger partial charge in [-0.1, -0.05) is 20.8 Å². The molecule has 0 saturated heterocycles. The molecular formula is C13H26N6O. The second-order valence-corrected chi connectivity index (χ2v) is 6.95. The van der Waals surface area contributed by atoms with Crippen LogP contribution in [0.1, 0.15) is 41.5 Å². The fraction of sp³-hybridized carbons (Fsp3) is 0.769. The van der Waals surface area contributed by atoms with E-state index in [1.54, 1.807) is 0 Å². The Morgan fingerprint density at radius 3 is 2.15 bits per heavy atom. The molecule has 0 fully saturated rings. The Bertz CT molecular complexity index is 435. The summed E-state index contributed by atoms with van der Waals surface area (Å²) < 4.78 is 5.51. The number of nitrogens with zero attached hydrogens (tertiary/aromatic N) is 3. The SMILES string of the molecule is CC(C)(C)COCNc1nc(N)nc(NC(C)(C)C)n1. The van der Waals surface area contributed by atoms with Crippen molar-refractivity contribution in [1.82, 2.24) is 15.0 Å². The first-order valence-corrected chi connectivity index (χ1v) is 6.66. The average molecular weight is 282 g/mol. The van der Waals surface area contributed by atoms with Gasteiger partial charge in [0.25, 0.3) is 0 Å². The number of rotatable bonds is 5. The zero-order valence-corrected chi connectivity index (χ0v) is 13.2. The van der Waals surface area contributed by atoms with Crippen LogP contribution in [0.4, 0.5) is 17.8 Å². The van der Waals surface area contributed by atoms with Crippen molar-refractivity contribution < 1.29 is 4.74 Å². The topological polar surface area (TPSA) is 98.0 Å². The van der Waals surface area contributed by atoms with Gasteiger partial charge in [-0.2, -0.15) is 15.0 Å². The molecule has 0 amide bonds. The van der Waals surface area contributed by atoms with Gasteiger partial charge in [0.15, 0.2) is 0 Å². The second kappa shape index (κ2) is 6.21. The predicted molar refractivity (Wildman–Crippen MR) is 81.5 cm³/mol. The van der Waals surface area contributed by atoms with E-state index in [-0.39, 0.29) is 16.9 Å². The van der Waals surface area contributed by atoms with Crippen LogP contribution in [0.25, 0.3) is 0 Å². The molecule has 7 heteroatoms. The van der Waals surface area contributed by atoms with Crippen molar-refractivity contribution in [2.45, 2.75) is 47.1 Å². The number of nitrogens with one attached hydrogen (secondary N) is 2. The van der Waals surface area contributed by atoms with E-state index >= 15 is 0 Å². The van der Waals surface area contributed by atoms with Crippen LogP contribution in [0.3, 0.4) is 0 Å². The standard InChI is InChI=1S/C13H26N6O/c1-12(2,3)7-20-8-15-10-16-9(14)17-11(18-10)19-13(4,5)6/h7-8H2,1-6H3,(H4,14,15,16,17,18,19). The summed E-state index contributed by atoms with van der Waals surface area (Å²) in [5, 5.41) is 6.13. The van der Waals surface area contributed by atoms with Gasteiger partial charge in [0, 0.05) is 5.54 Å². The quantitative estimate of drug-likeness (QED) is 0.562. The molecule has 0 aliphatic heterocycles. The van der Waals surface area contributed by atoms with Crippen molar-refractivity contribution in [3.63, 3.8) is 0 Å². The largest absolute Gasteiger partial charge is 0.368 e. The van der Waals surface area contributed by atoms with E-state index in [4.69, 9.17) is 10.5 Å². The van der Waals surface area contributed by atoms with Gasteiger partial charge < -0.3 is 21.1 Å². The molecule has 0 radical (unpaired) electrons. The maximum atomic E-state index is 5.67. The normalized spacial score (nSPS) is 12.3. The molecule has 0 aromatic carbocycles. The van der Waals surface area contributed by atoms with Crippen LogP contribution >= 0.6 is 0 Å². The molecule has 0 atom stereocenters. The minimum absolute atomic E-state index is 0.124. The molecule has 20 heavy (non-hydrogen) atoms. The highest BCUT2D eigenvalue weighted by molar-refractivity contribution is 5.40. The van der Waals surface area contributed by atoms with Gasteiger partial charge in [0.2, 0.25) is 17.8 Å². The zero-order valence-electron chi connectivity index (χ0n) is 13.2. The van der Waals surface area contributed by atoms with Crippen molar-refractivity contribution in [3.05, 3.63) is 0 Å². The Hall–Kier alpha value is -1.63. The van der Waals surface area contributed by atoms with Crippen LogP contribution in [0, 0.1) is 5.41 Å². The molecular weight excluding hydrogens is 256 g/mol. The van der Waals surface area contributed by atoms with Crippen molar-refractivity contribution in [1.29, 1.82) is 0 Å². The number of anilines is 3. The van der Waals surface area contributed by atoms with Crippen molar-refractivity contribution in [3.8, 4) is 0 Å². The van der Waals surface area contributed by atoms with E-state index in [0.717, 1.165) is 0 Å². The summed E-state index contributed by atoms with van der Waals surface area (Å²) in [5.41, 5.74) is 5.65. The molecule has 0 aliphatic rings. The summed E-state index contributed by atoms with van der Waals surface area (Å²) in [5.74, 6) is 1.02. The Balaban J connectivity index is 2.58. The van der Waals surface area contributed by atoms with Crippen LogP contribution in [-0.4, -0.2) is 33.8 Å². The highest BCUT2D eigenvalue weighted by Gasteiger charge is 2.13. The van der Waals surface area contributed by atoms with Crippen LogP contribution in [0.15, 0.2) is 0 Å². The van der Waals surface area contributed by atoms with E-state index in [9.17, 15) is 0 Å². The molecule has 1 heterocycles. The number of hydrogen-bond acceptors (Lipinski definition) is 7. The maximum absolute atomic E-state index is 5.67. The summed E-state index contributed by atoms with van der Waals surface area (Å²) in [6.07, 6.45) is 0. The molecule has 7 nitrogen and oxygen atoms in total. The van der Waals surface area contributed by atoms with Crippen LogP contribution in [-0.2, 0) is 4.74 Å². The van der Waals surface area contributed by atoms with Crippen molar-refractivity contribution in [2.75, 3.05) is 29.7 Å². The lowest BCUT2D eigenvalue weighted by Crippen LogP contribution is -2.28. The predicted octanol–water partition coefficient (Wildman–Crippen LogP) is 2.10. The first-order valence-electron chi connectivity index (χ1n) is 6.66. The number of aromatic nitrogens is 3. The van der Waals surface area contributed by atoms with E-state index in [1.807, 2.05) is 20.8 Å². The maximum Gasteiger partial charge on any atom is 0.231 e. The Morgan fingerprint density at radius 2 is 1.60 bits per heavy atom. The molecule has 1 aromatic rings. The average Bonchev–Trinajstić information content (AvgIpc) is 2.19. The second-order valence-electron chi connectivity index (χ2n) is 6.95. The third kappa shape index (κ3) is 7.08. The molecule has 4 N–H and O–H groups in total. The highest BCUT2D eigenvalue weighted by atomic mass is 16.5. The highest BCUT2D eigenvalue weighted by Crippen LogP contribution is 2.14. The van der Waals surface area contributed by atoms with E-state index in [2.05, 4.69) is 46.4 Å². The molecule has 1 rings (SSSR count). The minimum atomic E-state index is -0.145. The first-order chi connectivity index (χ1) is 9.05. The summed E-state index contributed by atoms with van der Waals surface area (Å²) in [7, 11) is 0. The van der Waals surface area contributed by atoms with Gasteiger partial charge in [0.05, 0.1) is 6.61 Å². The molecule has 0 aliphatic carbocycles. The molecule has 0 bridgehead atoms. The smallest absolute Gasteiger partial charge is 0.231 e. The third-order valence-corrected chi connectivity index (χ3v) is 2.01. The molecule has 0 spiro atoms. The lowest BCUT2D eigenvalue weighted by atomic mass is 9.99. The lowest BCUT2D eigenvalue weighted by molar-refractivity contribution is 0.0835. The zero-order chi connectivity index (χ0) is 15.4. The van der Waals surface area contributed by atoms with E-state index < -0.39 is 0 Å². The molecule has 0 unspecified atom stereocenters. The van der Waals surface area contributed by atoms with Crippen LogP contribution < -0.4 is 16.4 Å². The van der Waals surface area contributed by atoms with Gasteiger partial charge in [-0.3, -0.25) is 0 Å². The Morgan fingerprint density at radius 1 is 1.00 bits per heavy atom. The van der Waals surface area contributed by atoms with Gasteiger partial charge in [-0.25, -0.2) is 0 Å². The van der Waals surface area contributed by atoms with Crippen molar-refractivity contribution in [2.24, 2.45) is 5.41 Å². The van der Waals surface area contributed by atoms with Crippen LogP contribution in [0.2, 0.25) is 0 Å². The number of ether oxygens (including phenoxy) is 1. The first kappa shape index (κ1) is 16.4. The molecule has 0 saturated carbocycles. The summed E-state index contributed by atoms with van der Waals surface area (Å²) in [6, 6.07) is 0. The summed E-state index contributed by atoms with van der Waals surface area (Å²) in [4.78, 5) is 12.3. The van der Waals surface area contributed by atoms with E-state index in [1.165, 1.54) is 0 Å². The Labute approximate surface area is 120 Å². The van der Waals surface area contributed by atoms with E-state index in [0.29, 0.717) is 25.2 Å². The third-order valence-electron chi connectivity index (χ3n) is 2.01. The molecule has 1 aromatic heterocycles. The van der Waals surface area contributed by atoms with Gasteiger partial charge in [0.1, 0.15) is 6.73 Å². The Kier molecular flexibility index (Phi) is 5.10. The van der Waals surface area contributed by atoms with Gasteiger partial charge >= 0.3 is 0 Å². The summed E-state index contributed by atoms with van der Waals surface area (Å²) in [6.45, 7) is 13.4. The fourth-order valence-electron chi connectivity index (χ4n) is 1.34. The number of hydrogen-bond donors (Lipinski definition) is 3. The minimum Gasteiger partial charge on any atom is -0.368 e. The monoisotopic (exact) mass is 282 g/mol. The lowest BCUT2D eigenvalue weighted by Gasteiger charge is -2.21.